The lowest BCUT2D eigenvalue weighted by Crippen LogP contribution is -2.33. The first kappa shape index (κ1) is 22.1. The molecular weight excluding hydrogens is 372 g/mol. The molecular formula is C22H26F4O2. The summed E-state index contributed by atoms with van der Waals surface area (Å²) in [6, 6.07) is 14.4. The Bertz CT molecular complexity index is 725. The zero-order chi connectivity index (χ0) is 20.8. The first-order valence-corrected chi connectivity index (χ1v) is 9.29. The van der Waals surface area contributed by atoms with Crippen LogP contribution in [0.15, 0.2) is 48.5 Å². The Kier molecular flexibility index (Phi) is 7.33. The van der Waals surface area contributed by atoms with Crippen molar-refractivity contribution in [1.29, 1.82) is 0 Å². The Morgan fingerprint density at radius 1 is 0.821 bits per heavy atom. The van der Waals surface area contributed by atoms with Gasteiger partial charge in [0.05, 0.1) is 6.61 Å². The van der Waals surface area contributed by atoms with Gasteiger partial charge in [-0.1, -0.05) is 51.5 Å². The highest BCUT2D eigenvalue weighted by molar-refractivity contribution is 5.41. The van der Waals surface area contributed by atoms with Crippen molar-refractivity contribution in [2.24, 2.45) is 0 Å². The number of alkyl halides is 4. The third-order valence-corrected chi connectivity index (χ3v) is 4.67. The van der Waals surface area contributed by atoms with Crippen molar-refractivity contribution in [2.45, 2.75) is 51.4 Å². The van der Waals surface area contributed by atoms with E-state index in [-0.39, 0.29) is 11.2 Å². The molecule has 0 N–H and O–H groups in total. The van der Waals surface area contributed by atoms with Crippen LogP contribution in [0.4, 0.5) is 17.6 Å². The Morgan fingerprint density at radius 3 is 1.71 bits per heavy atom. The highest BCUT2D eigenvalue weighted by atomic mass is 19.3. The van der Waals surface area contributed by atoms with Crippen molar-refractivity contribution in [2.75, 3.05) is 13.2 Å². The topological polar surface area (TPSA) is 18.5 Å². The van der Waals surface area contributed by atoms with Crippen LogP contribution in [0.5, 0.6) is 11.5 Å². The molecule has 0 heterocycles. The molecule has 0 saturated heterocycles. The molecule has 0 fully saturated rings. The summed E-state index contributed by atoms with van der Waals surface area (Å²) in [5, 5.41) is 0. The van der Waals surface area contributed by atoms with Crippen molar-refractivity contribution in [3.63, 3.8) is 0 Å². The maximum atomic E-state index is 13.0. The molecule has 0 aliphatic heterocycles. The van der Waals surface area contributed by atoms with Gasteiger partial charge in [0, 0.05) is 5.41 Å². The molecule has 0 aromatic heterocycles. The highest BCUT2D eigenvalue weighted by Crippen LogP contribution is 2.33. The van der Waals surface area contributed by atoms with Crippen LogP contribution < -0.4 is 9.47 Å². The Labute approximate surface area is 163 Å². The summed E-state index contributed by atoms with van der Waals surface area (Å²) < 4.78 is 60.8. The molecule has 0 saturated carbocycles. The molecule has 2 rings (SSSR count). The summed E-state index contributed by atoms with van der Waals surface area (Å²) in [5.41, 5.74) is 1.67. The number of benzene rings is 2. The maximum Gasteiger partial charge on any atom is 0.340 e. The van der Waals surface area contributed by atoms with Crippen LogP contribution in [0.3, 0.4) is 0 Å². The second-order valence-corrected chi connectivity index (χ2v) is 7.23. The van der Waals surface area contributed by atoms with Crippen LogP contribution >= 0.6 is 0 Å². The standard InChI is InChI=1S/C22H26F4O2/c1-4-5-14-27-18-10-6-16(7-11-18)21(2,3)17-8-12-19(13-9-17)28-15-22(25,26)20(23)24/h6-13,20H,4-5,14-15H2,1-3H3. The van der Waals surface area contributed by atoms with Crippen LogP contribution in [0.1, 0.15) is 44.7 Å². The van der Waals surface area contributed by atoms with Gasteiger partial charge in [0.2, 0.25) is 0 Å². The molecule has 2 aromatic rings. The van der Waals surface area contributed by atoms with Gasteiger partial charge in [-0.15, -0.1) is 0 Å². The zero-order valence-electron chi connectivity index (χ0n) is 16.4. The maximum absolute atomic E-state index is 13.0. The van der Waals surface area contributed by atoms with Crippen LogP contribution in [0.2, 0.25) is 0 Å². The second kappa shape index (κ2) is 9.30. The number of halogens is 4. The van der Waals surface area contributed by atoms with E-state index in [0.29, 0.717) is 6.61 Å². The van der Waals surface area contributed by atoms with Gasteiger partial charge >= 0.3 is 12.3 Å². The van der Waals surface area contributed by atoms with E-state index in [4.69, 9.17) is 9.47 Å². The summed E-state index contributed by atoms with van der Waals surface area (Å²) in [6.07, 6.45) is -1.67. The fourth-order valence-electron chi connectivity index (χ4n) is 2.68. The lowest BCUT2D eigenvalue weighted by molar-refractivity contribution is -0.148. The second-order valence-electron chi connectivity index (χ2n) is 7.23. The molecule has 2 nitrogen and oxygen atoms in total. The average molecular weight is 398 g/mol. The lowest BCUT2D eigenvalue weighted by Gasteiger charge is -2.26. The van der Waals surface area contributed by atoms with E-state index < -0.39 is 19.0 Å². The predicted molar refractivity (Wildman–Crippen MR) is 102 cm³/mol. The van der Waals surface area contributed by atoms with Gasteiger partial charge in [0.15, 0.2) is 6.61 Å². The first-order valence-electron chi connectivity index (χ1n) is 9.29. The Balaban J connectivity index is 2.05. The SMILES string of the molecule is CCCCOc1ccc(C(C)(C)c2ccc(OCC(F)(F)C(F)F)cc2)cc1. The van der Waals surface area contributed by atoms with Gasteiger partial charge < -0.3 is 9.47 Å². The molecule has 28 heavy (non-hydrogen) atoms. The minimum Gasteiger partial charge on any atom is -0.494 e. The van der Waals surface area contributed by atoms with E-state index in [1.54, 1.807) is 12.1 Å². The molecule has 0 atom stereocenters. The summed E-state index contributed by atoms with van der Waals surface area (Å²) in [4.78, 5) is 0. The minimum atomic E-state index is -4.17. The fourth-order valence-corrected chi connectivity index (χ4v) is 2.68. The third-order valence-electron chi connectivity index (χ3n) is 4.67. The molecule has 0 amide bonds. The molecule has 0 spiro atoms. The summed E-state index contributed by atoms with van der Waals surface area (Å²) in [7, 11) is 0. The fraction of sp³-hybridized carbons (Fsp3) is 0.455. The number of hydrogen-bond acceptors (Lipinski definition) is 2. The number of ether oxygens (including phenoxy) is 2. The van der Waals surface area contributed by atoms with E-state index in [2.05, 4.69) is 6.92 Å². The first-order chi connectivity index (χ1) is 13.2. The van der Waals surface area contributed by atoms with Crippen LogP contribution in [-0.2, 0) is 5.41 Å². The van der Waals surface area contributed by atoms with Gasteiger partial charge in [-0.3, -0.25) is 0 Å². The van der Waals surface area contributed by atoms with Crippen LogP contribution in [0.25, 0.3) is 0 Å². The molecule has 0 unspecified atom stereocenters. The molecule has 154 valence electrons. The molecule has 0 radical (unpaired) electrons. The van der Waals surface area contributed by atoms with Crippen molar-refractivity contribution in [1.82, 2.24) is 0 Å². The predicted octanol–water partition coefficient (Wildman–Crippen LogP) is 6.47. The van der Waals surface area contributed by atoms with E-state index in [1.165, 1.54) is 12.1 Å². The van der Waals surface area contributed by atoms with Gasteiger partial charge in [0.25, 0.3) is 0 Å². The van der Waals surface area contributed by atoms with Crippen molar-refractivity contribution in [3.05, 3.63) is 59.7 Å². The molecule has 0 bridgehead atoms. The van der Waals surface area contributed by atoms with Crippen molar-refractivity contribution >= 4 is 0 Å². The quantitative estimate of drug-likeness (QED) is 0.337. The number of unbranched alkanes of at least 4 members (excludes halogenated alkanes) is 1. The molecule has 2 aromatic carbocycles. The van der Waals surface area contributed by atoms with Crippen molar-refractivity contribution in [3.8, 4) is 11.5 Å². The monoisotopic (exact) mass is 398 g/mol. The van der Waals surface area contributed by atoms with E-state index in [1.807, 2.05) is 38.1 Å². The Morgan fingerprint density at radius 2 is 1.29 bits per heavy atom. The smallest absolute Gasteiger partial charge is 0.340 e. The molecule has 0 aliphatic rings. The zero-order valence-corrected chi connectivity index (χ0v) is 16.4. The van der Waals surface area contributed by atoms with Gasteiger partial charge in [-0.25, -0.2) is 8.78 Å². The summed E-state index contributed by atoms with van der Waals surface area (Å²) in [6.45, 7) is 5.52. The summed E-state index contributed by atoms with van der Waals surface area (Å²) >= 11 is 0. The third kappa shape index (κ3) is 5.63. The van der Waals surface area contributed by atoms with E-state index in [0.717, 1.165) is 29.7 Å². The largest absolute Gasteiger partial charge is 0.494 e. The van der Waals surface area contributed by atoms with Gasteiger partial charge in [-0.05, 0) is 41.8 Å². The number of hydrogen-bond donors (Lipinski definition) is 0. The van der Waals surface area contributed by atoms with Gasteiger partial charge in [0.1, 0.15) is 11.5 Å². The average Bonchev–Trinajstić information content (AvgIpc) is 2.67. The molecule has 0 aliphatic carbocycles. The van der Waals surface area contributed by atoms with Crippen LogP contribution in [-0.4, -0.2) is 25.6 Å². The number of rotatable bonds is 10. The molecule has 6 heteroatoms. The lowest BCUT2D eigenvalue weighted by atomic mass is 9.78. The van der Waals surface area contributed by atoms with E-state index in [9.17, 15) is 17.6 Å². The van der Waals surface area contributed by atoms with Crippen molar-refractivity contribution < 1.29 is 27.0 Å². The van der Waals surface area contributed by atoms with Gasteiger partial charge in [-0.2, -0.15) is 8.78 Å². The Hall–Kier alpha value is -2.24. The van der Waals surface area contributed by atoms with E-state index >= 15 is 0 Å². The van der Waals surface area contributed by atoms with Crippen LogP contribution in [0, 0.1) is 0 Å². The highest BCUT2D eigenvalue weighted by Gasteiger charge is 2.41. The normalized spacial score (nSPS) is 12.3. The minimum absolute atomic E-state index is 0.125. The summed E-state index contributed by atoms with van der Waals surface area (Å²) in [5.74, 6) is -3.23.